The average molecular weight is 410 g/mol. The second kappa shape index (κ2) is 9.69. The van der Waals surface area contributed by atoms with Gasteiger partial charge in [-0.2, -0.15) is 0 Å². The van der Waals surface area contributed by atoms with E-state index in [2.05, 4.69) is 12.2 Å². The van der Waals surface area contributed by atoms with Gasteiger partial charge in [-0.05, 0) is 42.8 Å². The molecule has 0 bridgehead atoms. The second-order valence-electron chi connectivity index (χ2n) is 6.64. The first-order valence-corrected chi connectivity index (χ1v) is 9.63. The Labute approximate surface area is 173 Å². The Kier molecular flexibility index (Phi) is 6.79. The van der Waals surface area contributed by atoms with Crippen LogP contribution in [0.15, 0.2) is 48.5 Å². The Morgan fingerprint density at radius 3 is 2.20 bits per heavy atom. The topological polar surface area (TPSA) is 102 Å². The molecule has 0 radical (unpaired) electrons. The summed E-state index contributed by atoms with van der Waals surface area (Å²) >= 11 is 0. The highest BCUT2D eigenvalue weighted by Gasteiger charge is 2.35. The van der Waals surface area contributed by atoms with Gasteiger partial charge in [0.1, 0.15) is 12.3 Å². The summed E-state index contributed by atoms with van der Waals surface area (Å²) in [6, 6.07) is 12.9. The number of esters is 1. The summed E-state index contributed by atoms with van der Waals surface area (Å²) in [5, 5.41) is 2.44. The molecule has 156 valence electrons. The van der Waals surface area contributed by atoms with Crippen molar-refractivity contribution >= 4 is 23.7 Å². The van der Waals surface area contributed by atoms with E-state index in [9.17, 15) is 19.2 Å². The van der Waals surface area contributed by atoms with Crippen molar-refractivity contribution in [2.75, 3.05) is 19.9 Å². The molecular formula is C22H22N2O6. The zero-order chi connectivity index (χ0) is 21.5. The minimum atomic E-state index is -0.764. The fraction of sp³-hybridized carbons (Fsp3) is 0.273. The molecule has 1 N–H and O–H groups in total. The fourth-order valence-electron chi connectivity index (χ4n) is 2.84. The predicted molar refractivity (Wildman–Crippen MR) is 107 cm³/mol. The van der Waals surface area contributed by atoms with Crippen molar-refractivity contribution < 1.29 is 28.7 Å². The summed E-state index contributed by atoms with van der Waals surface area (Å²) < 4.78 is 10.5. The van der Waals surface area contributed by atoms with Crippen molar-refractivity contribution in [3.63, 3.8) is 0 Å². The van der Waals surface area contributed by atoms with Crippen LogP contribution < -0.4 is 10.1 Å². The Morgan fingerprint density at radius 1 is 0.967 bits per heavy atom. The number of amides is 3. The molecule has 8 heteroatoms. The first-order chi connectivity index (χ1) is 14.5. The summed E-state index contributed by atoms with van der Waals surface area (Å²) in [7, 11) is 0. The van der Waals surface area contributed by atoms with Crippen LogP contribution in [0.2, 0.25) is 0 Å². The molecule has 3 amide bonds. The number of carbonyl (C=O) groups is 4. The molecule has 0 fully saturated rings. The normalized spacial score (nSPS) is 12.5. The van der Waals surface area contributed by atoms with E-state index in [0.717, 1.165) is 17.7 Å². The minimum Gasteiger partial charge on any atom is -0.494 e. The van der Waals surface area contributed by atoms with E-state index < -0.39 is 37.0 Å². The monoisotopic (exact) mass is 410 g/mol. The van der Waals surface area contributed by atoms with E-state index in [-0.39, 0.29) is 11.1 Å². The summed E-state index contributed by atoms with van der Waals surface area (Å²) in [5.41, 5.74) is 0.911. The van der Waals surface area contributed by atoms with Crippen molar-refractivity contribution in [2.24, 2.45) is 0 Å². The molecular weight excluding hydrogens is 388 g/mol. The van der Waals surface area contributed by atoms with E-state index in [1.807, 2.05) is 0 Å². The second-order valence-corrected chi connectivity index (χ2v) is 6.64. The Morgan fingerprint density at radius 2 is 1.60 bits per heavy atom. The number of unbranched alkanes of at least 4 members (excludes halogenated alkanes) is 1. The molecule has 8 nitrogen and oxygen atoms in total. The van der Waals surface area contributed by atoms with Gasteiger partial charge in [-0.1, -0.05) is 25.5 Å². The van der Waals surface area contributed by atoms with Gasteiger partial charge in [0, 0.05) is 5.56 Å². The number of fused-ring (bicyclic) bond motifs is 1. The molecule has 2 aromatic carbocycles. The third kappa shape index (κ3) is 4.83. The number of benzene rings is 2. The van der Waals surface area contributed by atoms with Gasteiger partial charge in [-0.25, -0.2) is 4.90 Å². The van der Waals surface area contributed by atoms with Crippen molar-refractivity contribution in [1.82, 2.24) is 10.2 Å². The zero-order valence-electron chi connectivity index (χ0n) is 16.6. The first-order valence-electron chi connectivity index (χ1n) is 9.63. The summed E-state index contributed by atoms with van der Waals surface area (Å²) in [4.78, 5) is 49.4. The number of rotatable bonds is 9. The van der Waals surface area contributed by atoms with Crippen LogP contribution in [-0.2, 0) is 9.53 Å². The van der Waals surface area contributed by atoms with E-state index in [1.54, 1.807) is 36.4 Å². The third-order valence-corrected chi connectivity index (χ3v) is 4.51. The smallest absolute Gasteiger partial charge is 0.327 e. The van der Waals surface area contributed by atoms with Gasteiger partial charge in [0.2, 0.25) is 0 Å². The number of hydrogen-bond acceptors (Lipinski definition) is 6. The quantitative estimate of drug-likeness (QED) is 0.387. The number of ether oxygens (including phenoxy) is 2. The lowest BCUT2D eigenvalue weighted by atomic mass is 10.1. The maximum absolute atomic E-state index is 12.2. The first kappa shape index (κ1) is 21.0. The maximum atomic E-state index is 12.2. The third-order valence-electron chi connectivity index (χ3n) is 4.51. The molecule has 0 atom stereocenters. The van der Waals surface area contributed by atoms with Crippen molar-refractivity contribution in [1.29, 1.82) is 0 Å². The fourth-order valence-corrected chi connectivity index (χ4v) is 2.84. The highest BCUT2D eigenvalue weighted by atomic mass is 16.5. The molecule has 2 aromatic rings. The lowest BCUT2D eigenvalue weighted by Crippen LogP contribution is -2.36. The molecule has 1 aliphatic heterocycles. The number of imide groups is 1. The molecule has 0 saturated carbocycles. The van der Waals surface area contributed by atoms with Crippen molar-refractivity contribution in [3.05, 3.63) is 65.2 Å². The molecule has 0 aliphatic carbocycles. The Hall–Kier alpha value is -3.68. The summed E-state index contributed by atoms with van der Waals surface area (Å²) in [6.07, 6.45) is 1.98. The minimum absolute atomic E-state index is 0.272. The number of hydrogen-bond donors (Lipinski definition) is 1. The van der Waals surface area contributed by atoms with Crippen molar-refractivity contribution in [3.8, 4) is 5.75 Å². The number of carbonyl (C=O) groups excluding carboxylic acids is 4. The maximum Gasteiger partial charge on any atom is 0.327 e. The van der Waals surface area contributed by atoms with E-state index in [1.165, 1.54) is 12.1 Å². The van der Waals surface area contributed by atoms with E-state index in [0.29, 0.717) is 17.9 Å². The van der Waals surface area contributed by atoms with Crippen LogP contribution in [0, 0.1) is 0 Å². The SMILES string of the molecule is CCCCOc1ccc(C(=O)NCC(=O)OCN2C(=O)c3ccccc3C2=O)cc1. The van der Waals surface area contributed by atoms with Crippen LogP contribution in [0.5, 0.6) is 5.75 Å². The lowest BCUT2D eigenvalue weighted by molar-refractivity contribution is -0.145. The molecule has 3 rings (SSSR count). The molecule has 0 saturated heterocycles. The van der Waals surface area contributed by atoms with Crippen molar-refractivity contribution in [2.45, 2.75) is 19.8 Å². The molecule has 0 spiro atoms. The number of nitrogens with one attached hydrogen (secondary N) is 1. The highest BCUT2D eigenvalue weighted by Crippen LogP contribution is 2.22. The van der Waals surface area contributed by atoms with E-state index in [4.69, 9.17) is 9.47 Å². The largest absolute Gasteiger partial charge is 0.494 e. The van der Waals surface area contributed by atoms with Gasteiger partial charge >= 0.3 is 5.97 Å². The Bertz CT molecular complexity index is 919. The van der Waals surface area contributed by atoms with Crippen LogP contribution in [0.1, 0.15) is 50.8 Å². The summed E-state index contributed by atoms with van der Waals surface area (Å²) in [6.45, 7) is 1.78. The van der Waals surface area contributed by atoms with Crippen LogP contribution in [-0.4, -0.2) is 48.5 Å². The van der Waals surface area contributed by atoms with Crippen LogP contribution in [0.4, 0.5) is 0 Å². The van der Waals surface area contributed by atoms with Crippen LogP contribution in [0.25, 0.3) is 0 Å². The molecule has 0 aromatic heterocycles. The molecule has 1 heterocycles. The van der Waals surface area contributed by atoms with Gasteiger partial charge < -0.3 is 14.8 Å². The average Bonchev–Trinajstić information content (AvgIpc) is 3.01. The van der Waals surface area contributed by atoms with Gasteiger partial charge in [-0.3, -0.25) is 19.2 Å². The molecule has 30 heavy (non-hydrogen) atoms. The summed E-state index contributed by atoms with van der Waals surface area (Å²) in [5.74, 6) is -1.59. The lowest BCUT2D eigenvalue weighted by Gasteiger charge is -2.14. The van der Waals surface area contributed by atoms with Gasteiger partial charge in [0.15, 0.2) is 6.73 Å². The number of nitrogens with zero attached hydrogens (tertiary/aromatic N) is 1. The zero-order valence-corrected chi connectivity index (χ0v) is 16.6. The molecule has 1 aliphatic rings. The molecule has 0 unspecified atom stereocenters. The standard InChI is InChI=1S/C22H22N2O6/c1-2-3-12-29-16-10-8-15(9-11-16)20(26)23-13-19(25)30-14-24-21(27)17-6-4-5-7-18(17)22(24)28/h4-11H,2-3,12-14H2,1H3,(H,23,26). The van der Waals surface area contributed by atoms with Crippen LogP contribution >= 0.6 is 0 Å². The predicted octanol–water partition coefficient (Wildman–Crippen LogP) is 2.39. The van der Waals surface area contributed by atoms with E-state index >= 15 is 0 Å². The Balaban J connectivity index is 1.44. The highest BCUT2D eigenvalue weighted by molar-refractivity contribution is 6.21. The van der Waals surface area contributed by atoms with Crippen LogP contribution in [0.3, 0.4) is 0 Å². The van der Waals surface area contributed by atoms with Gasteiger partial charge in [0.05, 0.1) is 17.7 Å². The van der Waals surface area contributed by atoms with Gasteiger partial charge in [-0.15, -0.1) is 0 Å². The van der Waals surface area contributed by atoms with Gasteiger partial charge in [0.25, 0.3) is 17.7 Å².